The van der Waals surface area contributed by atoms with Crippen molar-refractivity contribution < 1.29 is 4.74 Å². The zero-order chi connectivity index (χ0) is 10.3. The summed E-state index contributed by atoms with van der Waals surface area (Å²) in [5, 5.41) is 3.75. The van der Waals surface area contributed by atoms with Crippen molar-refractivity contribution in [1.82, 2.24) is 5.32 Å². The van der Waals surface area contributed by atoms with Crippen molar-refractivity contribution >= 4 is 0 Å². The third kappa shape index (κ3) is 1.74. The lowest BCUT2D eigenvalue weighted by Gasteiger charge is -2.43. The van der Waals surface area contributed by atoms with Crippen LogP contribution in [0.1, 0.15) is 32.6 Å². The summed E-state index contributed by atoms with van der Waals surface area (Å²) in [6.07, 6.45) is 10.4. The molecule has 2 aliphatic carbocycles. The second-order valence-corrected chi connectivity index (χ2v) is 5.35. The average Bonchev–Trinajstić information content (AvgIpc) is 2.82. The Balaban J connectivity index is 1.50. The summed E-state index contributed by atoms with van der Waals surface area (Å²) in [5.41, 5.74) is 0. The van der Waals surface area contributed by atoms with Gasteiger partial charge in [-0.15, -0.1) is 0 Å². The van der Waals surface area contributed by atoms with Crippen LogP contribution in [0.4, 0.5) is 0 Å². The van der Waals surface area contributed by atoms with Crippen molar-refractivity contribution in [2.45, 2.75) is 50.8 Å². The third-order valence-corrected chi connectivity index (χ3v) is 4.36. The van der Waals surface area contributed by atoms with Crippen molar-refractivity contribution in [2.75, 3.05) is 6.61 Å². The average molecular weight is 207 g/mol. The lowest BCUT2D eigenvalue weighted by Crippen LogP contribution is -2.53. The Bertz CT molecular complexity index is 257. The number of rotatable bonds is 3. The molecule has 2 heteroatoms. The van der Waals surface area contributed by atoms with Gasteiger partial charge in [0.1, 0.15) is 0 Å². The molecular formula is C13H21NO. The molecule has 1 saturated carbocycles. The van der Waals surface area contributed by atoms with Crippen LogP contribution in [0.3, 0.4) is 0 Å². The molecule has 0 radical (unpaired) electrons. The quantitative estimate of drug-likeness (QED) is 0.716. The molecule has 2 fully saturated rings. The summed E-state index contributed by atoms with van der Waals surface area (Å²) in [7, 11) is 0. The fraction of sp³-hybridized carbons (Fsp3) is 0.846. The number of allylic oxidation sites excluding steroid dienone is 1. The van der Waals surface area contributed by atoms with Crippen LogP contribution in [0.25, 0.3) is 0 Å². The minimum atomic E-state index is 0.467. The van der Waals surface area contributed by atoms with Gasteiger partial charge in [-0.25, -0.2) is 0 Å². The van der Waals surface area contributed by atoms with E-state index in [0.29, 0.717) is 12.1 Å². The standard InChI is InChI=1S/C13H21NO/c1-9(13-6-3-7-15-13)14-12-8-10-4-2-5-11(10)12/h2,5,9-14H,3-4,6-8H2,1H3. The van der Waals surface area contributed by atoms with Crippen LogP contribution in [0.2, 0.25) is 0 Å². The molecule has 2 nitrogen and oxygen atoms in total. The normalized spacial score (nSPS) is 45.1. The Morgan fingerprint density at radius 2 is 2.40 bits per heavy atom. The van der Waals surface area contributed by atoms with Gasteiger partial charge in [0, 0.05) is 18.7 Å². The van der Waals surface area contributed by atoms with E-state index >= 15 is 0 Å². The zero-order valence-corrected chi connectivity index (χ0v) is 9.49. The first-order valence-corrected chi connectivity index (χ1v) is 6.39. The van der Waals surface area contributed by atoms with Crippen LogP contribution >= 0.6 is 0 Å². The molecule has 3 aliphatic rings. The number of ether oxygens (including phenoxy) is 1. The van der Waals surface area contributed by atoms with Gasteiger partial charge in [-0.1, -0.05) is 12.2 Å². The van der Waals surface area contributed by atoms with Gasteiger partial charge in [0.2, 0.25) is 0 Å². The van der Waals surface area contributed by atoms with Crippen molar-refractivity contribution in [3.8, 4) is 0 Å². The Hall–Kier alpha value is -0.340. The predicted octanol–water partition coefficient (Wildman–Crippen LogP) is 2.11. The predicted molar refractivity (Wildman–Crippen MR) is 60.7 cm³/mol. The van der Waals surface area contributed by atoms with Crippen molar-refractivity contribution in [3.63, 3.8) is 0 Å². The molecule has 0 spiro atoms. The van der Waals surface area contributed by atoms with Crippen LogP contribution in [0.5, 0.6) is 0 Å². The van der Waals surface area contributed by atoms with Gasteiger partial charge >= 0.3 is 0 Å². The van der Waals surface area contributed by atoms with E-state index < -0.39 is 0 Å². The lowest BCUT2D eigenvalue weighted by atomic mass is 9.71. The smallest absolute Gasteiger partial charge is 0.0726 e. The SMILES string of the molecule is CC(NC1CC2CC=CC21)C1CCCO1. The molecule has 1 heterocycles. The maximum absolute atomic E-state index is 5.72. The van der Waals surface area contributed by atoms with Crippen LogP contribution < -0.4 is 5.32 Å². The van der Waals surface area contributed by atoms with E-state index in [4.69, 9.17) is 4.74 Å². The summed E-state index contributed by atoms with van der Waals surface area (Å²) < 4.78 is 5.72. The number of nitrogens with one attached hydrogen (secondary N) is 1. The molecule has 1 saturated heterocycles. The molecule has 0 bridgehead atoms. The van der Waals surface area contributed by atoms with Crippen LogP contribution in [-0.2, 0) is 4.74 Å². The molecule has 5 unspecified atom stereocenters. The van der Waals surface area contributed by atoms with E-state index in [-0.39, 0.29) is 0 Å². The molecule has 15 heavy (non-hydrogen) atoms. The molecule has 0 aromatic carbocycles. The highest BCUT2D eigenvalue weighted by atomic mass is 16.5. The molecule has 1 N–H and O–H groups in total. The van der Waals surface area contributed by atoms with Gasteiger partial charge in [0.05, 0.1) is 6.10 Å². The first-order valence-electron chi connectivity index (χ1n) is 6.39. The molecular weight excluding hydrogens is 186 g/mol. The van der Waals surface area contributed by atoms with E-state index in [0.717, 1.165) is 24.5 Å². The van der Waals surface area contributed by atoms with Gasteiger partial charge < -0.3 is 10.1 Å². The van der Waals surface area contributed by atoms with Gasteiger partial charge in [-0.2, -0.15) is 0 Å². The highest BCUT2D eigenvalue weighted by Gasteiger charge is 2.42. The van der Waals surface area contributed by atoms with Crippen LogP contribution in [0, 0.1) is 11.8 Å². The highest BCUT2D eigenvalue weighted by molar-refractivity contribution is 5.13. The maximum Gasteiger partial charge on any atom is 0.0726 e. The van der Waals surface area contributed by atoms with Gasteiger partial charge in [0.25, 0.3) is 0 Å². The second-order valence-electron chi connectivity index (χ2n) is 5.35. The molecule has 1 aliphatic heterocycles. The van der Waals surface area contributed by atoms with Crippen molar-refractivity contribution in [2.24, 2.45) is 11.8 Å². The van der Waals surface area contributed by atoms with E-state index in [2.05, 4.69) is 24.4 Å². The van der Waals surface area contributed by atoms with E-state index in [1.165, 1.54) is 25.7 Å². The summed E-state index contributed by atoms with van der Waals surface area (Å²) >= 11 is 0. The minimum absolute atomic E-state index is 0.467. The summed E-state index contributed by atoms with van der Waals surface area (Å²) in [6, 6.07) is 1.26. The van der Waals surface area contributed by atoms with E-state index in [1.807, 2.05) is 0 Å². The molecule has 0 amide bonds. The van der Waals surface area contributed by atoms with Gasteiger partial charge in [-0.3, -0.25) is 0 Å². The Morgan fingerprint density at radius 3 is 3.13 bits per heavy atom. The molecule has 3 rings (SSSR count). The van der Waals surface area contributed by atoms with E-state index in [9.17, 15) is 0 Å². The fourth-order valence-electron chi connectivity index (χ4n) is 3.35. The van der Waals surface area contributed by atoms with Crippen LogP contribution in [-0.4, -0.2) is 24.8 Å². The number of hydrogen-bond acceptors (Lipinski definition) is 2. The number of hydrogen-bond donors (Lipinski definition) is 1. The van der Waals surface area contributed by atoms with Gasteiger partial charge in [0.15, 0.2) is 0 Å². The maximum atomic E-state index is 5.72. The summed E-state index contributed by atoms with van der Waals surface area (Å²) in [4.78, 5) is 0. The largest absolute Gasteiger partial charge is 0.377 e. The molecule has 0 aromatic rings. The molecule has 84 valence electrons. The fourth-order valence-corrected chi connectivity index (χ4v) is 3.35. The first kappa shape index (κ1) is 9.86. The first-order chi connectivity index (χ1) is 7.34. The Kier molecular flexibility index (Phi) is 2.57. The topological polar surface area (TPSA) is 21.3 Å². The lowest BCUT2D eigenvalue weighted by molar-refractivity contribution is 0.0602. The Labute approximate surface area is 92.1 Å². The third-order valence-electron chi connectivity index (χ3n) is 4.36. The summed E-state index contributed by atoms with van der Waals surface area (Å²) in [6.45, 7) is 3.25. The van der Waals surface area contributed by atoms with Crippen LogP contribution in [0.15, 0.2) is 12.2 Å². The molecule has 0 aromatic heterocycles. The summed E-state index contributed by atoms with van der Waals surface area (Å²) in [5.74, 6) is 1.79. The molecule has 5 atom stereocenters. The highest BCUT2D eigenvalue weighted by Crippen LogP contribution is 2.43. The zero-order valence-electron chi connectivity index (χ0n) is 9.49. The van der Waals surface area contributed by atoms with Crippen molar-refractivity contribution in [1.29, 1.82) is 0 Å². The Morgan fingerprint density at radius 1 is 1.47 bits per heavy atom. The van der Waals surface area contributed by atoms with Crippen molar-refractivity contribution in [3.05, 3.63) is 12.2 Å². The monoisotopic (exact) mass is 207 g/mol. The second kappa shape index (κ2) is 3.91. The minimum Gasteiger partial charge on any atom is -0.377 e. The number of fused-ring (bicyclic) bond motifs is 1. The van der Waals surface area contributed by atoms with Gasteiger partial charge in [-0.05, 0) is 44.4 Å². The van der Waals surface area contributed by atoms with E-state index in [1.54, 1.807) is 0 Å².